The van der Waals surface area contributed by atoms with Crippen LogP contribution in [0.1, 0.15) is 18.1 Å². The Hall–Kier alpha value is -2.29. The highest BCUT2D eigenvalue weighted by Crippen LogP contribution is 2.12. The molecule has 0 heterocycles. The van der Waals surface area contributed by atoms with E-state index in [-0.39, 0.29) is 5.91 Å². The number of nitrogens with zero attached hydrogens (tertiary/aromatic N) is 1. The van der Waals surface area contributed by atoms with Crippen LogP contribution in [0.5, 0.6) is 5.75 Å². The van der Waals surface area contributed by atoms with E-state index in [9.17, 15) is 4.79 Å². The summed E-state index contributed by atoms with van der Waals surface area (Å²) in [7, 11) is 1.64. The maximum absolute atomic E-state index is 12.4. The highest BCUT2D eigenvalue weighted by Gasteiger charge is 2.12. The van der Waals surface area contributed by atoms with Crippen LogP contribution in [0.25, 0.3) is 0 Å². The molecule has 0 aliphatic heterocycles. The van der Waals surface area contributed by atoms with Gasteiger partial charge in [0.05, 0.1) is 13.5 Å². The molecule has 0 bridgehead atoms. The normalized spacial score (nSPS) is 10.3. The first-order chi connectivity index (χ1) is 10.7. The van der Waals surface area contributed by atoms with E-state index in [0.29, 0.717) is 6.42 Å². The summed E-state index contributed by atoms with van der Waals surface area (Å²) in [4.78, 5) is 14.3. The first kappa shape index (κ1) is 16.1. The lowest BCUT2D eigenvalue weighted by Gasteiger charge is -2.21. The van der Waals surface area contributed by atoms with Crippen molar-refractivity contribution in [3.63, 3.8) is 0 Å². The molecule has 2 aromatic rings. The molecule has 0 aliphatic rings. The standard InChI is InChI=1S/C19H23NO2/c1-3-20(14-13-16-7-5-4-6-8-16)19(21)15-17-9-11-18(22-2)12-10-17/h4-12H,3,13-15H2,1-2H3. The number of rotatable bonds is 7. The molecule has 0 N–H and O–H groups in total. The molecular weight excluding hydrogens is 274 g/mol. The quantitative estimate of drug-likeness (QED) is 0.784. The minimum atomic E-state index is 0.170. The molecule has 0 saturated heterocycles. The number of methoxy groups -OCH3 is 1. The van der Waals surface area contributed by atoms with Gasteiger partial charge >= 0.3 is 0 Å². The van der Waals surface area contributed by atoms with Crippen molar-refractivity contribution in [1.82, 2.24) is 4.90 Å². The fraction of sp³-hybridized carbons (Fsp3) is 0.316. The predicted octanol–water partition coefficient (Wildman–Crippen LogP) is 3.33. The van der Waals surface area contributed by atoms with Crippen molar-refractivity contribution in [3.05, 3.63) is 65.7 Å². The van der Waals surface area contributed by atoms with E-state index in [1.165, 1.54) is 5.56 Å². The van der Waals surface area contributed by atoms with E-state index in [1.54, 1.807) is 7.11 Å². The molecule has 0 aromatic heterocycles. The van der Waals surface area contributed by atoms with Crippen LogP contribution in [0.3, 0.4) is 0 Å². The van der Waals surface area contributed by atoms with Crippen LogP contribution in [0.2, 0.25) is 0 Å². The molecule has 2 aromatic carbocycles. The number of carbonyl (C=O) groups excluding carboxylic acids is 1. The van der Waals surface area contributed by atoms with Crippen LogP contribution in [0.4, 0.5) is 0 Å². The van der Waals surface area contributed by atoms with Gasteiger partial charge in [-0.05, 0) is 36.6 Å². The molecule has 3 heteroatoms. The van der Waals surface area contributed by atoms with Gasteiger partial charge < -0.3 is 9.64 Å². The van der Waals surface area contributed by atoms with Crippen LogP contribution in [0, 0.1) is 0 Å². The SMILES string of the molecule is CCN(CCc1ccccc1)C(=O)Cc1ccc(OC)cc1. The van der Waals surface area contributed by atoms with Gasteiger partial charge in [-0.15, -0.1) is 0 Å². The van der Waals surface area contributed by atoms with E-state index in [2.05, 4.69) is 12.1 Å². The van der Waals surface area contributed by atoms with Gasteiger partial charge in [0.2, 0.25) is 5.91 Å². The van der Waals surface area contributed by atoms with Gasteiger partial charge in [0.1, 0.15) is 5.75 Å². The van der Waals surface area contributed by atoms with Crippen molar-refractivity contribution in [2.24, 2.45) is 0 Å². The molecule has 1 amide bonds. The molecule has 0 aliphatic carbocycles. The van der Waals surface area contributed by atoms with Crippen LogP contribution >= 0.6 is 0 Å². The summed E-state index contributed by atoms with van der Waals surface area (Å²) in [6.45, 7) is 3.52. The second-order valence-corrected chi connectivity index (χ2v) is 5.23. The topological polar surface area (TPSA) is 29.5 Å². The molecule has 0 radical (unpaired) electrons. The Morgan fingerprint density at radius 3 is 2.27 bits per heavy atom. The van der Waals surface area contributed by atoms with Crippen molar-refractivity contribution in [2.45, 2.75) is 19.8 Å². The van der Waals surface area contributed by atoms with Crippen LogP contribution in [-0.2, 0) is 17.6 Å². The van der Waals surface area contributed by atoms with Crippen LogP contribution in [-0.4, -0.2) is 31.0 Å². The van der Waals surface area contributed by atoms with Gasteiger partial charge in [-0.2, -0.15) is 0 Å². The average Bonchev–Trinajstić information content (AvgIpc) is 2.57. The van der Waals surface area contributed by atoms with Crippen molar-refractivity contribution in [2.75, 3.05) is 20.2 Å². The Kier molecular flexibility index (Phi) is 6.01. The highest BCUT2D eigenvalue weighted by molar-refractivity contribution is 5.78. The zero-order valence-corrected chi connectivity index (χ0v) is 13.3. The predicted molar refractivity (Wildman–Crippen MR) is 89.1 cm³/mol. The van der Waals surface area contributed by atoms with E-state index >= 15 is 0 Å². The van der Waals surface area contributed by atoms with Gasteiger partial charge in [0, 0.05) is 13.1 Å². The van der Waals surface area contributed by atoms with E-state index in [0.717, 1.165) is 30.8 Å². The number of likely N-dealkylation sites (N-methyl/N-ethyl adjacent to an activating group) is 1. The minimum absolute atomic E-state index is 0.170. The third-order valence-corrected chi connectivity index (χ3v) is 3.76. The highest BCUT2D eigenvalue weighted by atomic mass is 16.5. The summed E-state index contributed by atoms with van der Waals surface area (Å²) >= 11 is 0. The lowest BCUT2D eigenvalue weighted by Crippen LogP contribution is -2.33. The van der Waals surface area contributed by atoms with Gasteiger partial charge in [-0.25, -0.2) is 0 Å². The summed E-state index contributed by atoms with van der Waals surface area (Å²) in [5, 5.41) is 0. The number of ether oxygens (including phenoxy) is 1. The third kappa shape index (κ3) is 4.62. The monoisotopic (exact) mass is 297 g/mol. The molecule has 0 saturated carbocycles. The number of hydrogen-bond acceptors (Lipinski definition) is 2. The second-order valence-electron chi connectivity index (χ2n) is 5.23. The average molecular weight is 297 g/mol. The molecule has 0 atom stereocenters. The summed E-state index contributed by atoms with van der Waals surface area (Å²) < 4.78 is 5.13. The molecule has 0 unspecified atom stereocenters. The summed E-state index contributed by atoms with van der Waals surface area (Å²) in [6.07, 6.45) is 1.33. The Bertz CT molecular complexity index is 578. The Balaban J connectivity index is 1.90. The van der Waals surface area contributed by atoms with Crippen molar-refractivity contribution < 1.29 is 9.53 Å². The third-order valence-electron chi connectivity index (χ3n) is 3.76. The fourth-order valence-electron chi connectivity index (χ4n) is 2.40. The maximum atomic E-state index is 12.4. The van der Waals surface area contributed by atoms with E-state index in [1.807, 2.05) is 54.3 Å². The van der Waals surface area contributed by atoms with Crippen molar-refractivity contribution >= 4 is 5.91 Å². The van der Waals surface area contributed by atoms with Gasteiger partial charge in [-0.3, -0.25) is 4.79 Å². The van der Waals surface area contributed by atoms with Crippen LogP contribution < -0.4 is 4.74 Å². The Morgan fingerprint density at radius 2 is 1.68 bits per heavy atom. The number of carbonyl (C=O) groups is 1. The van der Waals surface area contributed by atoms with Gasteiger partial charge in [-0.1, -0.05) is 42.5 Å². The fourth-order valence-corrected chi connectivity index (χ4v) is 2.40. The van der Waals surface area contributed by atoms with Gasteiger partial charge in [0.15, 0.2) is 0 Å². The summed E-state index contributed by atoms with van der Waals surface area (Å²) in [5.74, 6) is 0.983. The molecule has 2 rings (SSSR count). The number of amides is 1. The Morgan fingerprint density at radius 1 is 1.00 bits per heavy atom. The Labute approximate surface area is 132 Å². The molecule has 3 nitrogen and oxygen atoms in total. The maximum Gasteiger partial charge on any atom is 0.226 e. The zero-order valence-electron chi connectivity index (χ0n) is 13.3. The van der Waals surface area contributed by atoms with Crippen LogP contribution in [0.15, 0.2) is 54.6 Å². The summed E-state index contributed by atoms with van der Waals surface area (Å²) in [5.41, 5.74) is 2.28. The molecular formula is C19H23NO2. The lowest BCUT2D eigenvalue weighted by molar-refractivity contribution is -0.130. The molecule has 22 heavy (non-hydrogen) atoms. The van der Waals surface area contributed by atoms with Gasteiger partial charge in [0.25, 0.3) is 0 Å². The minimum Gasteiger partial charge on any atom is -0.497 e. The summed E-state index contributed by atoms with van der Waals surface area (Å²) in [6, 6.07) is 17.9. The number of benzene rings is 2. The zero-order chi connectivity index (χ0) is 15.8. The number of hydrogen-bond donors (Lipinski definition) is 0. The van der Waals surface area contributed by atoms with Crippen molar-refractivity contribution in [3.8, 4) is 5.75 Å². The molecule has 0 spiro atoms. The van der Waals surface area contributed by atoms with E-state index < -0.39 is 0 Å². The first-order valence-electron chi connectivity index (χ1n) is 7.67. The smallest absolute Gasteiger partial charge is 0.226 e. The second kappa shape index (κ2) is 8.23. The largest absolute Gasteiger partial charge is 0.497 e. The molecule has 116 valence electrons. The van der Waals surface area contributed by atoms with Crippen molar-refractivity contribution in [1.29, 1.82) is 0 Å². The van der Waals surface area contributed by atoms with E-state index in [4.69, 9.17) is 4.74 Å². The molecule has 0 fully saturated rings. The lowest BCUT2D eigenvalue weighted by atomic mass is 10.1. The first-order valence-corrected chi connectivity index (χ1v) is 7.67.